The largest absolute Gasteiger partial charge is 0.497 e. The Bertz CT molecular complexity index is 1210. The van der Waals surface area contributed by atoms with Crippen molar-refractivity contribution in [3.8, 4) is 11.8 Å². The second-order valence-electron chi connectivity index (χ2n) is 6.58. The fourth-order valence-corrected chi connectivity index (χ4v) is 4.02. The van der Waals surface area contributed by atoms with Crippen molar-refractivity contribution in [2.75, 3.05) is 18.5 Å². The van der Waals surface area contributed by atoms with Crippen LogP contribution in [0.3, 0.4) is 0 Å². The highest BCUT2D eigenvalue weighted by Gasteiger charge is 2.23. The third kappa shape index (κ3) is 5.02. The van der Waals surface area contributed by atoms with Gasteiger partial charge in [0, 0.05) is 7.05 Å². The van der Waals surface area contributed by atoms with Crippen LogP contribution in [0.4, 0.5) is 5.69 Å². The van der Waals surface area contributed by atoms with Gasteiger partial charge < -0.3 is 9.47 Å². The van der Waals surface area contributed by atoms with Crippen LogP contribution in [0.5, 0.6) is 5.75 Å². The van der Waals surface area contributed by atoms with Crippen LogP contribution in [0.25, 0.3) is 0 Å². The highest BCUT2D eigenvalue weighted by atomic mass is 32.2. The monoisotopic (exact) mass is 436 g/mol. The SMILES string of the molecule is COc1ccc(N(C)S(=O)(=O)c2cccc(C(=O)OCc3ccc(C#N)cc3)c2)cc1. The number of carbonyl (C=O) groups excluding carboxylic acids is 1. The number of ether oxygens (including phenoxy) is 2. The van der Waals surface area contributed by atoms with Gasteiger partial charge in [-0.15, -0.1) is 0 Å². The fourth-order valence-electron chi connectivity index (χ4n) is 2.78. The van der Waals surface area contributed by atoms with E-state index in [0.717, 1.165) is 9.87 Å². The van der Waals surface area contributed by atoms with E-state index in [4.69, 9.17) is 14.7 Å². The number of esters is 1. The summed E-state index contributed by atoms with van der Waals surface area (Å²) in [6.07, 6.45) is 0. The molecule has 3 aromatic rings. The Morgan fingerprint density at radius 1 is 1.03 bits per heavy atom. The number of hydrogen-bond acceptors (Lipinski definition) is 6. The van der Waals surface area contributed by atoms with Crippen molar-refractivity contribution in [1.29, 1.82) is 5.26 Å². The molecule has 0 fully saturated rings. The maximum absolute atomic E-state index is 13.0. The number of nitriles is 1. The van der Waals surface area contributed by atoms with E-state index in [2.05, 4.69) is 0 Å². The molecular weight excluding hydrogens is 416 g/mol. The van der Waals surface area contributed by atoms with Crippen molar-refractivity contribution < 1.29 is 22.7 Å². The third-order valence-corrected chi connectivity index (χ3v) is 6.40. The molecule has 158 valence electrons. The van der Waals surface area contributed by atoms with Crippen LogP contribution < -0.4 is 9.04 Å². The fraction of sp³-hybridized carbons (Fsp3) is 0.130. The second kappa shape index (κ2) is 9.32. The van der Waals surface area contributed by atoms with Gasteiger partial charge in [-0.1, -0.05) is 18.2 Å². The smallest absolute Gasteiger partial charge is 0.338 e. The summed E-state index contributed by atoms with van der Waals surface area (Å²) in [5.74, 6) is -0.0323. The van der Waals surface area contributed by atoms with Gasteiger partial charge in [0.2, 0.25) is 0 Å². The van der Waals surface area contributed by atoms with E-state index in [-0.39, 0.29) is 17.1 Å². The van der Waals surface area contributed by atoms with Crippen LogP contribution in [-0.4, -0.2) is 28.5 Å². The first-order valence-corrected chi connectivity index (χ1v) is 10.7. The molecule has 0 aliphatic carbocycles. The number of benzene rings is 3. The highest BCUT2D eigenvalue weighted by molar-refractivity contribution is 7.92. The molecule has 0 N–H and O–H groups in total. The Balaban J connectivity index is 1.75. The molecular formula is C23H20N2O5S. The number of sulfonamides is 1. The Morgan fingerprint density at radius 2 is 1.71 bits per heavy atom. The van der Waals surface area contributed by atoms with Gasteiger partial charge in [0.05, 0.1) is 34.9 Å². The molecule has 0 saturated heterocycles. The molecule has 0 bridgehead atoms. The first-order chi connectivity index (χ1) is 14.8. The second-order valence-corrected chi connectivity index (χ2v) is 8.55. The summed E-state index contributed by atoms with van der Waals surface area (Å²) in [6.45, 7) is 0.00721. The normalized spacial score (nSPS) is 10.7. The van der Waals surface area contributed by atoms with Crippen molar-refractivity contribution in [3.05, 3.63) is 89.5 Å². The van der Waals surface area contributed by atoms with Gasteiger partial charge in [0.15, 0.2) is 0 Å². The number of nitrogens with zero attached hydrogens (tertiary/aromatic N) is 2. The Kier molecular flexibility index (Phi) is 6.58. The lowest BCUT2D eigenvalue weighted by molar-refractivity contribution is 0.0472. The maximum atomic E-state index is 13.0. The van der Waals surface area contributed by atoms with E-state index < -0.39 is 16.0 Å². The van der Waals surface area contributed by atoms with Crippen LogP contribution in [0.2, 0.25) is 0 Å². The van der Waals surface area contributed by atoms with Crippen LogP contribution in [-0.2, 0) is 21.4 Å². The molecule has 0 aliphatic rings. The number of hydrogen-bond donors (Lipinski definition) is 0. The van der Waals surface area contributed by atoms with Crippen molar-refractivity contribution in [1.82, 2.24) is 0 Å². The number of rotatable bonds is 7. The minimum Gasteiger partial charge on any atom is -0.497 e. The zero-order chi connectivity index (χ0) is 22.4. The molecule has 7 nitrogen and oxygen atoms in total. The number of anilines is 1. The standard InChI is InChI=1S/C23H20N2O5S/c1-25(20-10-12-21(29-2)13-11-20)31(27,28)22-5-3-4-19(14-22)23(26)30-16-18-8-6-17(15-24)7-9-18/h3-14H,16H2,1-2H3. The summed E-state index contributed by atoms with van der Waals surface area (Å²) in [4.78, 5) is 12.4. The van der Waals surface area contributed by atoms with E-state index in [1.54, 1.807) is 48.5 Å². The van der Waals surface area contributed by atoms with Gasteiger partial charge in [-0.3, -0.25) is 4.31 Å². The molecule has 0 heterocycles. The topological polar surface area (TPSA) is 96.7 Å². The summed E-state index contributed by atoms with van der Waals surface area (Å²) in [5.41, 5.74) is 1.80. The lowest BCUT2D eigenvalue weighted by Crippen LogP contribution is -2.26. The summed E-state index contributed by atoms with van der Waals surface area (Å²) >= 11 is 0. The zero-order valence-corrected chi connectivity index (χ0v) is 17.8. The molecule has 0 aliphatic heterocycles. The highest BCUT2D eigenvalue weighted by Crippen LogP contribution is 2.25. The quantitative estimate of drug-likeness (QED) is 0.524. The van der Waals surface area contributed by atoms with Crippen molar-refractivity contribution in [2.45, 2.75) is 11.5 Å². The molecule has 8 heteroatoms. The first-order valence-electron chi connectivity index (χ1n) is 9.24. The predicted octanol–water partition coefficient (Wildman–Crippen LogP) is 3.75. The van der Waals surface area contributed by atoms with Gasteiger partial charge in [0.25, 0.3) is 10.0 Å². The molecule has 3 rings (SSSR count). The van der Waals surface area contributed by atoms with Gasteiger partial charge in [-0.2, -0.15) is 5.26 Å². The molecule has 0 saturated carbocycles. The Labute approximate surface area is 181 Å². The summed E-state index contributed by atoms with van der Waals surface area (Å²) < 4.78 is 37.5. The van der Waals surface area contributed by atoms with Crippen LogP contribution in [0.15, 0.2) is 77.7 Å². The minimum absolute atomic E-state index is 0.00721. The van der Waals surface area contributed by atoms with Gasteiger partial charge in [-0.25, -0.2) is 13.2 Å². The summed E-state index contributed by atoms with van der Waals surface area (Å²) in [7, 11) is -0.922. The summed E-state index contributed by atoms with van der Waals surface area (Å²) in [5, 5.41) is 8.83. The summed E-state index contributed by atoms with van der Waals surface area (Å²) in [6, 6.07) is 20.9. The third-order valence-electron chi connectivity index (χ3n) is 4.62. The van der Waals surface area contributed by atoms with Crippen molar-refractivity contribution in [3.63, 3.8) is 0 Å². The first kappa shape index (κ1) is 21.9. The van der Waals surface area contributed by atoms with E-state index in [9.17, 15) is 13.2 Å². The molecule has 0 amide bonds. The maximum Gasteiger partial charge on any atom is 0.338 e. The molecule has 3 aromatic carbocycles. The van der Waals surface area contributed by atoms with Crippen molar-refractivity contribution >= 4 is 21.7 Å². The van der Waals surface area contributed by atoms with E-state index in [0.29, 0.717) is 17.0 Å². The van der Waals surface area contributed by atoms with E-state index in [1.165, 1.54) is 38.4 Å². The van der Waals surface area contributed by atoms with Gasteiger partial charge in [0.1, 0.15) is 12.4 Å². The van der Waals surface area contributed by atoms with Crippen LogP contribution in [0.1, 0.15) is 21.5 Å². The number of carbonyl (C=O) groups is 1. The van der Waals surface area contributed by atoms with Crippen LogP contribution in [0, 0.1) is 11.3 Å². The number of methoxy groups -OCH3 is 1. The Morgan fingerprint density at radius 3 is 2.32 bits per heavy atom. The molecule has 0 aromatic heterocycles. The molecule has 0 radical (unpaired) electrons. The van der Waals surface area contributed by atoms with E-state index in [1.807, 2.05) is 6.07 Å². The molecule has 0 atom stereocenters. The zero-order valence-electron chi connectivity index (χ0n) is 17.0. The Hall–Kier alpha value is -3.83. The molecule has 0 unspecified atom stereocenters. The average molecular weight is 436 g/mol. The molecule has 31 heavy (non-hydrogen) atoms. The average Bonchev–Trinajstić information content (AvgIpc) is 2.82. The van der Waals surface area contributed by atoms with Crippen LogP contribution >= 0.6 is 0 Å². The molecule has 0 spiro atoms. The minimum atomic E-state index is -3.89. The lowest BCUT2D eigenvalue weighted by atomic mass is 10.1. The lowest BCUT2D eigenvalue weighted by Gasteiger charge is -2.20. The van der Waals surface area contributed by atoms with Crippen molar-refractivity contribution in [2.24, 2.45) is 0 Å². The predicted molar refractivity (Wildman–Crippen MR) is 115 cm³/mol. The van der Waals surface area contributed by atoms with Gasteiger partial charge in [-0.05, 0) is 60.2 Å². The van der Waals surface area contributed by atoms with E-state index >= 15 is 0 Å². The van der Waals surface area contributed by atoms with Gasteiger partial charge >= 0.3 is 5.97 Å².